The van der Waals surface area contributed by atoms with Gasteiger partial charge in [0.15, 0.2) is 0 Å². The van der Waals surface area contributed by atoms with Crippen molar-refractivity contribution in [2.75, 3.05) is 0 Å². The lowest BCUT2D eigenvalue weighted by molar-refractivity contribution is 0.569. The number of thiazole rings is 1. The second-order valence-corrected chi connectivity index (χ2v) is 7.58. The lowest BCUT2D eigenvalue weighted by Crippen LogP contribution is -2.15. The molecule has 0 saturated carbocycles. The third-order valence-electron chi connectivity index (χ3n) is 3.09. The van der Waals surface area contributed by atoms with Gasteiger partial charge in [0.2, 0.25) is 0 Å². The van der Waals surface area contributed by atoms with Crippen LogP contribution < -0.4 is 5.73 Å². The van der Waals surface area contributed by atoms with Gasteiger partial charge in [0.1, 0.15) is 0 Å². The molecule has 1 atom stereocenters. The first kappa shape index (κ1) is 15.8. The summed E-state index contributed by atoms with van der Waals surface area (Å²) in [6, 6.07) is 5.20. The second kappa shape index (κ2) is 6.02. The van der Waals surface area contributed by atoms with Crippen molar-refractivity contribution < 1.29 is 0 Å². The number of nitrogens with two attached hydrogens (primary N) is 1. The Balaban J connectivity index is 2.20. The highest BCUT2D eigenvalue weighted by molar-refractivity contribution is 7.09. The minimum absolute atomic E-state index is 0.0564. The van der Waals surface area contributed by atoms with E-state index in [1.54, 1.807) is 11.3 Å². The molecule has 0 bridgehead atoms. The number of halogens is 2. The number of nitrogens with zero attached hydrogens (tertiary/aromatic N) is 1. The largest absolute Gasteiger partial charge is 0.324 e. The first-order valence-electron chi connectivity index (χ1n) is 6.43. The standard InChI is InChI=1S/C15H18Cl2N2S/c1-15(2,3)12-8-20-13(19-12)7-11(18)14-9(16)5-4-6-10(14)17/h4-6,8,11H,7,18H2,1-3H3. The molecule has 1 aromatic heterocycles. The molecular formula is C15H18Cl2N2S. The van der Waals surface area contributed by atoms with E-state index in [0.717, 1.165) is 16.3 Å². The van der Waals surface area contributed by atoms with Gasteiger partial charge in [-0.25, -0.2) is 4.98 Å². The molecule has 0 spiro atoms. The van der Waals surface area contributed by atoms with Crippen LogP contribution in [0.2, 0.25) is 10.0 Å². The van der Waals surface area contributed by atoms with Gasteiger partial charge in [0, 0.05) is 38.9 Å². The molecular weight excluding hydrogens is 311 g/mol. The van der Waals surface area contributed by atoms with E-state index in [9.17, 15) is 0 Å². The molecule has 0 aliphatic heterocycles. The van der Waals surface area contributed by atoms with Crippen LogP contribution >= 0.6 is 34.5 Å². The first-order chi connectivity index (χ1) is 9.29. The van der Waals surface area contributed by atoms with E-state index in [0.29, 0.717) is 16.5 Å². The molecule has 0 fully saturated rings. The summed E-state index contributed by atoms with van der Waals surface area (Å²) in [6.07, 6.45) is 0.643. The van der Waals surface area contributed by atoms with Gasteiger partial charge in [-0.3, -0.25) is 0 Å². The number of hydrogen-bond donors (Lipinski definition) is 1. The topological polar surface area (TPSA) is 38.9 Å². The van der Waals surface area contributed by atoms with Crippen molar-refractivity contribution in [1.82, 2.24) is 4.98 Å². The highest BCUT2D eigenvalue weighted by atomic mass is 35.5. The average Bonchev–Trinajstić information content (AvgIpc) is 2.76. The maximum atomic E-state index is 6.24. The molecule has 1 heterocycles. The van der Waals surface area contributed by atoms with E-state index < -0.39 is 0 Å². The van der Waals surface area contributed by atoms with Crippen LogP contribution in [0.5, 0.6) is 0 Å². The summed E-state index contributed by atoms with van der Waals surface area (Å²) in [6.45, 7) is 6.45. The van der Waals surface area contributed by atoms with Crippen molar-refractivity contribution in [1.29, 1.82) is 0 Å². The highest BCUT2D eigenvalue weighted by Gasteiger charge is 2.20. The van der Waals surface area contributed by atoms with Crippen LogP contribution in [0, 0.1) is 0 Å². The minimum atomic E-state index is -0.241. The van der Waals surface area contributed by atoms with Crippen molar-refractivity contribution in [3.05, 3.63) is 49.9 Å². The summed E-state index contributed by atoms with van der Waals surface area (Å²) in [4.78, 5) is 4.66. The molecule has 1 unspecified atom stereocenters. The predicted molar refractivity (Wildman–Crippen MR) is 87.9 cm³/mol. The highest BCUT2D eigenvalue weighted by Crippen LogP contribution is 2.32. The normalized spacial score (nSPS) is 13.5. The third kappa shape index (κ3) is 3.53. The average molecular weight is 329 g/mol. The molecule has 0 radical (unpaired) electrons. The van der Waals surface area contributed by atoms with Gasteiger partial charge in [0.05, 0.1) is 10.7 Å². The van der Waals surface area contributed by atoms with E-state index in [2.05, 4.69) is 31.1 Å². The first-order valence-corrected chi connectivity index (χ1v) is 8.07. The summed E-state index contributed by atoms with van der Waals surface area (Å²) in [5, 5.41) is 4.32. The van der Waals surface area contributed by atoms with Gasteiger partial charge in [-0.2, -0.15) is 0 Å². The summed E-state index contributed by atoms with van der Waals surface area (Å²) >= 11 is 14.0. The van der Waals surface area contributed by atoms with Gasteiger partial charge in [-0.15, -0.1) is 11.3 Å². The van der Waals surface area contributed by atoms with Gasteiger partial charge in [-0.05, 0) is 12.1 Å². The SMILES string of the molecule is CC(C)(C)c1csc(CC(N)c2c(Cl)cccc2Cl)n1. The zero-order valence-electron chi connectivity index (χ0n) is 11.8. The summed E-state index contributed by atoms with van der Waals surface area (Å²) in [5.41, 5.74) is 8.19. The van der Waals surface area contributed by atoms with Crippen LogP contribution in [0.4, 0.5) is 0 Å². The van der Waals surface area contributed by atoms with Crippen LogP contribution in [-0.2, 0) is 11.8 Å². The molecule has 1 aromatic carbocycles. The number of benzene rings is 1. The Hall–Kier alpha value is -0.610. The van der Waals surface area contributed by atoms with Crippen molar-refractivity contribution in [3.63, 3.8) is 0 Å². The quantitative estimate of drug-likeness (QED) is 0.861. The van der Waals surface area contributed by atoms with Gasteiger partial charge in [0.25, 0.3) is 0 Å². The predicted octanol–water partition coefficient (Wildman–Crippen LogP) is 4.99. The van der Waals surface area contributed by atoms with Crippen LogP contribution in [0.25, 0.3) is 0 Å². The molecule has 0 saturated heterocycles. The van der Waals surface area contributed by atoms with Gasteiger partial charge >= 0.3 is 0 Å². The van der Waals surface area contributed by atoms with Gasteiger partial charge in [-0.1, -0.05) is 50.0 Å². The fraction of sp³-hybridized carbons (Fsp3) is 0.400. The maximum absolute atomic E-state index is 6.24. The molecule has 2 nitrogen and oxygen atoms in total. The lowest BCUT2D eigenvalue weighted by Gasteiger charge is -2.15. The minimum Gasteiger partial charge on any atom is -0.324 e. The van der Waals surface area contributed by atoms with Crippen LogP contribution in [0.1, 0.15) is 43.1 Å². The van der Waals surface area contributed by atoms with E-state index in [1.165, 1.54) is 0 Å². The molecule has 108 valence electrons. The molecule has 2 aromatic rings. The van der Waals surface area contributed by atoms with Crippen LogP contribution in [0.3, 0.4) is 0 Å². The fourth-order valence-corrected chi connectivity index (χ4v) is 3.66. The van der Waals surface area contributed by atoms with Crippen LogP contribution in [0.15, 0.2) is 23.6 Å². The Morgan fingerprint density at radius 2 is 1.85 bits per heavy atom. The molecule has 0 amide bonds. The Bertz CT molecular complexity index is 582. The lowest BCUT2D eigenvalue weighted by atomic mass is 9.93. The van der Waals surface area contributed by atoms with E-state index in [1.807, 2.05) is 18.2 Å². The maximum Gasteiger partial charge on any atom is 0.0947 e. The van der Waals surface area contributed by atoms with Crippen molar-refractivity contribution in [2.45, 2.75) is 38.6 Å². The molecule has 0 aliphatic rings. The Labute approximate surface area is 133 Å². The molecule has 2 rings (SSSR count). The Kier molecular flexibility index (Phi) is 4.75. The van der Waals surface area contributed by atoms with Gasteiger partial charge < -0.3 is 5.73 Å². The monoisotopic (exact) mass is 328 g/mol. The van der Waals surface area contributed by atoms with Crippen molar-refractivity contribution >= 4 is 34.5 Å². The zero-order chi connectivity index (χ0) is 14.9. The van der Waals surface area contributed by atoms with Crippen molar-refractivity contribution in [2.24, 2.45) is 5.73 Å². The van der Waals surface area contributed by atoms with E-state index in [-0.39, 0.29) is 11.5 Å². The summed E-state index contributed by atoms with van der Waals surface area (Å²) < 4.78 is 0. The Morgan fingerprint density at radius 1 is 1.25 bits per heavy atom. The number of rotatable bonds is 3. The van der Waals surface area contributed by atoms with E-state index >= 15 is 0 Å². The third-order valence-corrected chi connectivity index (χ3v) is 4.62. The molecule has 2 N–H and O–H groups in total. The molecule has 20 heavy (non-hydrogen) atoms. The molecule has 5 heteroatoms. The molecule has 0 aliphatic carbocycles. The smallest absolute Gasteiger partial charge is 0.0947 e. The number of aromatic nitrogens is 1. The fourth-order valence-electron chi connectivity index (χ4n) is 1.90. The summed E-state index contributed by atoms with van der Waals surface area (Å²) in [7, 11) is 0. The number of hydrogen-bond acceptors (Lipinski definition) is 3. The van der Waals surface area contributed by atoms with Crippen LogP contribution in [-0.4, -0.2) is 4.98 Å². The van der Waals surface area contributed by atoms with Crippen molar-refractivity contribution in [3.8, 4) is 0 Å². The Morgan fingerprint density at radius 3 is 2.35 bits per heavy atom. The summed E-state index contributed by atoms with van der Waals surface area (Å²) in [5.74, 6) is 0. The van der Waals surface area contributed by atoms with E-state index in [4.69, 9.17) is 28.9 Å². The second-order valence-electron chi connectivity index (χ2n) is 5.82. The zero-order valence-corrected chi connectivity index (χ0v) is 14.1.